The number of benzene rings is 1. The highest BCUT2D eigenvalue weighted by atomic mass is 79.9. The SMILES string of the molecule is CCC(C)C(C)NS(=O)(=O)c1ccc(Br)cc1F. The Labute approximate surface area is 116 Å². The van der Waals surface area contributed by atoms with Crippen LogP contribution in [-0.4, -0.2) is 14.5 Å². The highest BCUT2D eigenvalue weighted by Gasteiger charge is 2.23. The van der Waals surface area contributed by atoms with Crippen molar-refractivity contribution in [3.05, 3.63) is 28.5 Å². The number of nitrogens with one attached hydrogen (secondary N) is 1. The first kappa shape index (κ1) is 15.6. The topological polar surface area (TPSA) is 46.2 Å². The first-order chi connectivity index (χ1) is 8.27. The number of hydrogen-bond donors (Lipinski definition) is 1. The Morgan fingerprint density at radius 2 is 2.00 bits per heavy atom. The van der Waals surface area contributed by atoms with E-state index >= 15 is 0 Å². The second-order valence-electron chi connectivity index (χ2n) is 4.37. The summed E-state index contributed by atoms with van der Waals surface area (Å²) in [5, 5.41) is 0. The van der Waals surface area contributed by atoms with Gasteiger partial charge in [0.1, 0.15) is 10.7 Å². The molecule has 2 atom stereocenters. The normalized spacial score (nSPS) is 15.4. The zero-order valence-electron chi connectivity index (χ0n) is 10.6. The van der Waals surface area contributed by atoms with E-state index in [9.17, 15) is 12.8 Å². The molecule has 102 valence electrons. The molecule has 0 spiro atoms. The zero-order valence-corrected chi connectivity index (χ0v) is 13.0. The van der Waals surface area contributed by atoms with Crippen LogP contribution < -0.4 is 4.72 Å². The average molecular weight is 338 g/mol. The van der Waals surface area contributed by atoms with Gasteiger partial charge in [-0.2, -0.15) is 0 Å². The lowest BCUT2D eigenvalue weighted by Gasteiger charge is -2.20. The van der Waals surface area contributed by atoms with Gasteiger partial charge in [0, 0.05) is 10.5 Å². The van der Waals surface area contributed by atoms with E-state index in [1.165, 1.54) is 12.1 Å². The summed E-state index contributed by atoms with van der Waals surface area (Å²) in [6.45, 7) is 5.71. The molecule has 1 N–H and O–H groups in total. The van der Waals surface area contributed by atoms with Gasteiger partial charge in [-0.3, -0.25) is 0 Å². The minimum absolute atomic E-state index is 0.193. The summed E-state index contributed by atoms with van der Waals surface area (Å²) in [5.41, 5.74) is 0. The third-order valence-electron chi connectivity index (χ3n) is 3.02. The Hall–Kier alpha value is -0.460. The van der Waals surface area contributed by atoms with Crippen molar-refractivity contribution in [2.24, 2.45) is 5.92 Å². The van der Waals surface area contributed by atoms with Crippen molar-refractivity contribution in [3.8, 4) is 0 Å². The Balaban J connectivity index is 3.00. The minimum atomic E-state index is -3.81. The molecule has 0 radical (unpaired) electrons. The molecule has 18 heavy (non-hydrogen) atoms. The van der Waals surface area contributed by atoms with Crippen LogP contribution >= 0.6 is 15.9 Å². The maximum absolute atomic E-state index is 13.6. The van der Waals surface area contributed by atoms with Crippen molar-refractivity contribution in [1.29, 1.82) is 0 Å². The predicted molar refractivity (Wildman–Crippen MR) is 73.3 cm³/mol. The van der Waals surface area contributed by atoms with Crippen LogP contribution in [0.2, 0.25) is 0 Å². The van der Waals surface area contributed by atoms with E-state index in [1.54, 1.807) is 6.92 Å². The Morgan fingerprint density at radius 3 is 2.50 bits per heavy atom. The lowest BCUT2D eigenvalue weighted by Crippen LogP contribution is -2.37. The molecule has 0 amide bonds. The highest BCUT2D eigenvalue weighted by Crippen LogP contribution is 2.20. The molecule has 3 nitrogen and oxygen atoms in total. The summed E-state index contributed by atoms with van der Waals surface area (Å²) >= 11 is 3.09. The number of rotatable bonds is 5. The molecule has 1 aromatic carbocycles. The molecule has 0 heterocycles. The van der Waals surface area contributed by atoms with Crippen LogP contribution in [0.1, 0.15) is 27.2 Å². The largest absolute Gasteiger partial charge is 0.243 e. The molecular weight excluding hydrogens is 321 g/mol. The number of sulfonamides is 1. The maximum Gasteiger partial charge on any atom is 0.243 e. The molecule has 1 aromatic rings. The third-order valence-corrected chi connectivity index (χ3v) is 5.11. The van der Waals surface area contributed by atoms with Crippen molar-refractivity contribution >= 4 is 26.0 Å². The highest BCUT2D eigenvalue weighted by molar-refractivity contribution is 9.10. The summed E-state index contributed by atoms with van der Waals surface area (Å²) in [6.07, 6.45) is 0.854. The van der Waals surface area contributed by atoms with Gasteiger partial charge < -0.3 is 0 Å². The standard InChI is InChI=1S/C12H17BrFNO2S/c1-4-8(2)9(3)15-18(16,17)12-6-5-10(13)7-11(12)14/h5-9,15H,4H2,1-3H3. The molecule has 0 aliphatic heterocycles. The van der Waals surface area contributed by atoms with E-state index in [0.717, 1.165) is 12.5 Å². The van der Waals surface area contributed by atoms with Gasteiger partial charge in [0.05, 0.1) is 0 Å². The predicted octanol–water partition coefficient (Wildman–Crippen LogP) is 3.30. The van der Waals surface area contributed by atoms with Gasteiger partial charge in [0.25, 0.3) is 0 Å². The van der Waals surface area contributed by atoms with E-state index in [0.29, 0.717) is 4.47 Å². The second kappa shape index (κ2) is 6.12. The summed E-state index contributed by atoms with van der Waals surface area (Å²) in [4.78, 5) is -0.319. The van der Waals surface area contributed by atoms with E-state index in [-0.39, 0.29) is 16.9 Å². The smallest absolute Gasteiger partial charge is 0.208 e. The molecule has 0 aromatic heterocycles. The molecule has 0 saturated heterocycles. The molecule has 6 heteroatoms. The van der Waals surface area contributed by atoms with Gasteiger partial charge in [-0.1, -0.05) is 36.2 Å². The Kier molecular flexibility index (Phi) is 5.31. The average Bonchev–Trinajstić information content (AvgIpc) is 2.26. The first-order valence-electron chi connectivity index (χ1n) is 5.75. The maximum atomic E-state index is 13.6. The fraction of sp³-hybridized carbons (Fsp3) is 0.500. The van der Waals surface area contributed by atoms with Crippen LogP contribution in [0, 0.1) is 11.7 Å². The quantitative estimate of drug-likeness (QED) is 0.895. The van der Waals surface area contributed by atoms with Crippen LogP contribution in [0.4, 0.5) is 4.39 Å². The van der Waals surface area contributed by atoms with Gasteiger partial charge >= 0.3 is 0 Å². The Bertz CT molecular complexity index is 519. The van der Waals surface area contributed by atoms with E-state index in [4.69, 9.17) is 0 Å². The number of halogens is 2. The van der Waals surface area contributed by atoms with Gasteiger partial charge in [0.15, 0.2) is 0 Å². The molecule has 2 unspecified atom stereocenters. The monoisotopic (exact) mass is 337 g/mol. The fourth-order valence-corrected chi connectivity index (χ4v) is 3.22. The summed E-state index contributed by atoms with van der Waals surface area (Å²) in [5.74, 6) is -0.563. The third kappa shape index (κ3) is 3.76. The molecule has 0 saturated carbocycles. The van der Waals surface area contributed by atoms with E-state index in [1.807, 2.05) is 13.8 Å². The minimum Gasteiger partial charge on any atom is -0.208 e. The van der Waals surface area contributed by atoms with Crippen molar-refractivity contribution in [2.75, 3.05) is 0 Å². The summed E-state index contributed by atoms with van der Waals surface area (Å²) < 4.78 is 40.7. The number of hydrogen-bond acceptors (Lipinski definition) is 2. The first-order valence-corrected chi connectivity index (χ1v) is 8.03. The van der Waals surface area contributed by atoms with Crippen molar-refractivity contribution in [3.63, 3.8) is 0 Å². The van der Waals surface area contributed by atoms with Crippen LogP contribution in [0.5, 0.6) is 0 Å². The molecule has 0 fully saturated rings. The lowest BCUT2D eigenvalue weighted by molar-refractivity contribution is 0.432. The molecule has 0 aliphatic rings. The molecule has 0 aliphatic carbocycles. The van der Waals surface area contributed by atoms with Gasteiger partial charge in [-0.05, 0) is 31.0 Å². The summed E-state index contributed by atoms with van der Waals surface area (Å²) in [6, 6.07) is 3.67. The van der Waals surface area contributed by atoms with E-state index < -0.39 is 15.8 Å². The van der Waals surface area contributed by atoms with Crippen LogP contribution in [0.15, 0.2) is 27.6 Å². The zero-order chi connectivity index (χ0) is 13.9. The Morgan fingerprint density at radius 1 is 1.39 bits per heavy atom. The molecule has 0 bridgehead atoms. The van der Waals surface area contributed by atoms with E-state index in [2.05, 4.69) is 20.7 Å². The van der Waals surface area contributed by atoms with Crippen LogP contribution in [0.3, 0.4) is 0 Å². The second-order valence-corrected chi connectivity index (χ2v) is 6.97. The fourth-order valence-electron chi connectivity index (χ4n) is 1.47. The lowest BCUT2D eigenvalue weighted by atomic mass is 10.0. The van der Waals surface area contributed by atoms with Gasteiger partial charge in [-0.25, -0.2) is 17.5 Å². The van der Waals surface area contributed by atoms with Crippen molar-refractivity contribution < 1.29 is 12.8 Å². The van der Waals surface area contributed by atoms with Crippen molar-refractivity contribution in [1.82, 2.24) is 4.72 Å². The molecular formula is C12H17BrFNO2S. The van der Waals surface area contributed by atoms with Gasteiger partial charge in [0.2, 0.25) is 10.0 Å². The molecule has 1 rings (SSSR count). The van der Waals surface area contributed by atoms with Crippen molar-refractivity contribution in [2.45, 2.75) is 38.1 Å². The van der Waals surface area contributed by atoms with Crippen LogP contribution in [-0.2, 0) is 10.0 Å². The van der Waals surface area contributed by atoms with Crippen LogP contribution in [0.25, 0.3) is 0 Å². The summed E-state index contributed by atoms with van der Waals surface area (Å²) in [7, 11) is -3.81. The van der Waals surface area contributed by atoms with Gasteiger partial charge in [-0.15, -0.1) is 0 Å².